The van der Waals surface area contributed by atoms with Gasteiger partial charge in [-0.1, -0.05) is 19.3 Å². The first-order valence-corrected chi connectivity index (χ1v) is 9.21. The summed E-state index contributed by atoms with van der Waals surface area (Å²) in [6.45, 7) is 3.87. The van der Waals surface area contributed by atoms with Gasteiger partial charge in [0.15, 0.2) is 5.69 Å². The van der Waals surface area contributed by atoms with Gasteiger partial charge in [0.1, 0.15) is 11.2 Å². The fourth-order valence-corrected chi connectivity index (χ4v) is 3.62. The molecule has 2 amide bonds. The van der Waals surface area contributed by atoms with E-state index >= 15 is 0 Å². The number of carbonyl (C=O) groups excluding carboxylic acids is 3. The predicted molar refractivity (Wildman–Crippen MR) is 93.7 cm³/mol. The van der Waals surface area contributed by atoms with Crippen LogP contribution < -0.4 is 5.32 Å². The Morgan fingerprint density at radius 1 is 1.35 bits per heavy atom. The fraction of sp³-hybridized carbons (Fsp3) is 0.667. The van der Waals surface area contributed by atoms with Crippen LogP contribution in [0, 0.1) is 0 Å². The van der Waals surface area contributed by atoms with Crippen LogP contribution in [0.2, 0.25) is 0 Å². The van der Waals surface area contributed by atoms with Gasteiger partial charge in [-0.2, -0.15) is 5.10 Å². The zero-order chi connectivity index (χ0) is 18.9. The van der Waals surface area contributed by atoms with E-state index in [0.717, 1.165) is 25.7 Å². The second kappa shape index (κ2) is 7.09. The SMILES string of the molecule is CCOC(=O)c1cc2n(n1)CC(C)(C(=O)NC1CCCCC1)N(C)C2=O. The molecule has 1 fully saturated rings. The molecule has 3 rings (SSSR count). The average molecular weight is 362 g/mol. The van der Waals surface area contributed by atoms with Crippen molar-refractivity contribution in [3.8, 4) is 0 Å². The molecule has 8 nitrogen and oxygen atoms in total. The summed E-state index contributed by atoms with van der Waals surface area (Å²) in [5.74, 6) is -1.09. The number of nitrogens with zero attached hydrogens (tertiary/aromatic N) is 3. The summed E-state index contributed by atoms with van der Waals surface area (Å²) in [4.78, 5) is 39.1. The predicted octanol–water partition coefficient (Wildman–Crippen LogP) is 1.35. The molecule has 0 saturated heterocycles. The molecular weight excluding hydrogens is 336 g/mol. The van der Waals surface area contributed by atoms with Crippen molar-refractivity contribution in [2.24, 2.45) is 0 Å². The van der Waals surface area contributed by atoms with Crippen LogP contribution in [0.5, 0.6) is 0 Å². The van der Waals surface area contributed by atoms with E-state index in [1.54, 1.807) is 20.9 Å². The van der Waals surface area contributed by atoms with Crippen molar-refractivity contribution in [2.45, 2.75) is 64.1 Å². The average Bonchev–Trinajstić information content (AvgIpc) is 3.05. The fourth-order valence-electron chi connectivity index (χ4n) is 3.62. The zero-order valence-corrected chi connectivity index (χ0v) is 15.6. The summed E-state index contributed by atoms with van der Waals surface area (Å²) in [7, 11) is 1.61. The topological polar surface area (TPSA) is 93.5 Å². The molecule has 0 spiro atoms. The summed E-state index contributed by atoms with van der Waals surface area (Å²) in [5.41, 5.74) is -0.682. The molecule has 0 radical (unpaired) electrons. The molecule has 2 aliphatic rings. The highest BCUT2D eigenvalue weighted by atomic mass is 16.5. The number of nitrogens with one attached hydrogen (secondary N) is 1. The third kappa shape index (κ3) is 3.20. The molecule has 142 valence electrons. The number of hydrogen-bond donors (Lipinski definition) is 1. The quantitative estimate of drug-likeness (QED) is 0.816. The minimum atomic E-state index is -1.06. The van der Waals surface area contributed by atoms with Gasteiger partial charge in [0, 0.05) is 19.2 Å². The Morgan fingerprint density at radius 3 is 2.69 bits per heavy atom. The molecule has 1 atom stereocenters. The first-order valence-electron chi connectivity index (χ1n) is 9.21. The summed E-state index contributed by atoms with van der Waals surface area (Å²) < 4.78 is 6.39. The van der Waals surface area contributed by atoms with E-state index in [1.807, 2.05) is 0 Å². The lowest BCUT2D eigenvalue weighted by atomic mass is 9.92. The van der Waals surface area contributed by atoms with Crippen molar-refractivity contribution >= 4 is 17.8 Å². The Morgan fingerprint density at radius 2 is 2.04 bits per heavy atom. The molecule has 1 aliphatic heterocycles. The Labute approximate surface area is 152 Å². The summed E-state index contributed by atoms with van der Waals surface area (Å²) in [6.07, 6.45) is 5.37. The number of ether oxygens (including phenoxy) is 1. The second-order valence-corrected chi connectivity index (χ2v) is 7.24. The van der Waals surface area contributed by atoms with Gasteiger partial charge in [0.25, 0.3) is 5.91 Å². The van der Waals surface area contributed by atoms with E-state index in [-0.39, 0.29) is 36.7 Å². The largest absolute Gasteiger partial charge is 0.461 e. The lowest BCUT2D eigenvalue weighted by Gasteiger charge is -2.41. The molecule has 1 aromatic heterocycles. The monoisotopic (exact) mass is 362 g/mol. The van der Waals surface area contributed by atoms with Gasteiger partial charge in [-0.05, 0) is 26.7 Å². The Bertz CT molecular complexity index is 723. The van der Waals surface area contributed by atoms with E-state index in [4.69, 9.17) is 4.74 Å². The minimum absolute atomic E-state index is 0.0838. The Balaban J connectivity index is 1.82. The molecule has 1 unspecified atom stereocenters. The maximum Gasteiger partial charge on any atom is 0.358 e. The minimum Gasteiger partial charge on any atom is -0.461 e. The smallest absolute Gasteiger partial charge is 0.358 e. The van der Waals surface area contributed by atoms with Gasteiger partial charge in [0.05, 0.1) is 13.2 Å². The van der Waals surface area contributed by atoms with Crippen molar-refractivity contribution in [2.75, 3.05) is 13.7 Å². The highest BCUT2D eigenvalue weighted by Crippen LogP contribution is 2.27. The molecule has 8 heteroatoms. The van der Waals surface area contributed by atoms with Crippen molar-refractivity contribution < 1.29 is 19.1 Å². The van der Waals surface area contributed by atoms with Crippen LogP contribution in [-0.2, 0) is 16.1 Å². The maximum absolute atomic E-state index is 13.0. The number of likely N-dealkylation sites (N-methyl/N-ethyl adjacent to an activating group) is 1. The van der Waals surface area contributed by atoms with E-state index in [9.17, 15) is 14.4 Å². The van der Waals surface area contributed by atoms with Crippen molar-refractivity contribution in [3.63, 3.8) is 0 Å². The number of carbonyl (C=O) groups is 3. The molecule has 0 aromatic carbocycles. The highest BCUT2D eigenvalue weighted by Gasteiger charge is 2.46. The van der Waals surface area contributed by atoms with E-state index in [1.165, 1.54) is 22.1 Å². The van der Waals surface area contributed by atoms with Crippen LogP contribution in [0.1, 0.15) is 66.9 Å². The van der Waals surface area contributed by atoms with E-state index < -0.39 is 11.5 Å². The standard InChI is InChI=1S/C18H26N4O4/c1-4-26-16(24)13-10-14-15(23)21(3)18(2,11-22(14)20-13)17(25)19-12-8-6-5-7-9-12/h10,12H,4-9,11H2,1-3H3,(H,19,25). The number of esters is 1. The molecule has 2 heterocycles. The van der Waals surface area contributed by atoms with Gasteiger partial charge in [-0.15, -0.1) is 0 Å². The van der Waals surface area contributed by atoms with Gasteiger partial charge in [-0.3, -0.25) is 14.3 Å². The summed E-state index contributed by atoms with van der Waals surface area (Å²) in [5, 5.41) is 7.29. The van der Waals surface area contributed by atoms with Crippen LogP contribution in [0.25, 0.3) is 0 Å². The Kier molecular flexibility index (Phi) is 5.02. The first kappa shape index (κ1) is 18.4. The summed E-state index contributed by atoms with van der Waals surface area (Å²) in [6, 6.07) is 1.58. The lowest BCUT2D eigenvalue weighted by Crippen LogP contribution is -2.63. The van der Waals surface area contributed by atoms with Crippen molar-refractivity contribution in [1.82, 2.24) is 20.0 Å². The molecule has 1 aromatic rings. The summed E-state index contributed by atoms with van der Waals surface area (Å²) >= 11 is 0. The highest BCUT2D eigenvalue weighted by molar-refractivity contribution is 6.01. The molecule has 0 bridgehead atoms. The molecule has 1 saturated carbocycles. The van der Waals surface area contributed by atoms with E-state index in [2.05, 4.69) is 10.4 Å². The number of aromatic nitrogens is 2. The number of amides is 2. The van der Waals surface area contributed by atoms with Gasteiger partial charge in [0.2, 0.25) is 5.91 Å². The van der Waals surface area contributed by atoms with Crippen LogP contribution >= 0.6 is 0 Å². The normalized spacial score (nSPS) is 23.5. The molecule has 1 aliphatic carbocycles. The Hall–Kier alpha value is -2.38. The zero-order valence-electron chi connectivity index (χ0n) is 15.6. The second-order valence-electron chi connectivity index (χ2n) is 7.24. The van der Waals surface area contributed by atoms with Gasteiger partial charge >= 0.3 is 5.97 Å². The molecule has 1 N–H and O–H groups in total. The van der Waals surface area contributed by atoms with Crippen molar-refractivity contribution in [1.29, 1.82) is 0 Å². The van der Waals surface area contributed by atoms with Crippen molar-refractivity contribution in [3.05, 3.63) is 17.5 Å². The van der Waals surface area contributed by atoms with Gasteiger partial charge in [-0.25, -0.2) is 4.79 Å². The third-order valence-corrected chi connectivity index (χ3v) is 5.42. The van der Waals surface area contributed by atoms with Crippen LogP contribution in [0.4, 0.5) is 0 Å². The van der Waals surface area contributed by atoms with Gasteiger partial charge < -0.3 is 15.0 Å². The van der Waals surface area contributed by atoms with Crippen LogP contribution in [0.3, 0.4) is 0 Å². The molecule has 26 heavy (non-hydrogen) atoms. The van der Waals surface area contributed by atoms with Crippen LogP contribution in [0.15, 0.2) is 6.07 Å². The lowest BCUT2D eigenvalue weighted by molar-refractivity contribution is -0.133. The number of fused-ring (bicyclic) bond motifs is 1. The van der Waals surface area contributed by atoms with E-state index in [0.29, 0.717) is 5.69 Å². The number of hydrogen-bond acceptors (Lipinski definition) is 5. The number of rotatable bonds is 4. The first-order chi connectivity index (χ1) is 12.4. The maximum atomic E-state index is 13.0. The molecular formula is C18H26N4O4. The third-order valence-electron chi connectivity index (χ3n) is 5.42. The van der Waals surface area contributed by atoms with Crippen LogP contribution in [-0.4, -0.2) is 57.7 Å².